The van der Waals surface area contributed by atoms with Gasteiger partial charge >= 0.3 is 0 Å². The summed E-state index contributed by atoms with van der Waals surface area (Å²) in [6, 6.07) is 8.08. The monoisotopic (exact) mass is 388 g/mol. The van der Waals surface area contributed by atoms with Crippen LogP contribution in [0.5, 0.6) is 5.75 Å². The van der Waals surface area contributed by atoms with Gasteiger partial charge in [-0.25, -0.2) is 0 Å². The Bertz CT molecular complexity index is 481. The van der Waals surface area contributed by atoms with E-state index in [2.05, 4.69) is 19.1 Å². The Morgan fingerprint density at radius 2 is 1.39 bits per heavy atom. The molecule has 0 fully saturated rings. The van der Waals surface area contributed by atoms with Crippen LogP contribution in [-0.4, -0.2) is 18.3 Å². The SMILES string of the molecule is CCCCCCCC/C=C\CCCCCCCCOc1cccc(CCO)c1. The standard InChI is InChI=1S/C26H44O2/c1-2-3-4-5-6-7-8-9-10-11-12-13-14-15-16-17-23-28-26-20-18-19-25(24-26)21-22-27/h9-10,18-20,24,27H,2-8,11-17,21-23H2,1H3/b10-9-. The molecule has 0 atom stereocenters. The number of benzene rings is 1. The molecule has 1 aromatic rings. The summed E-state index contributed by atoms with van der Waals surface area (Å²) >= 11 is 0. The Balaban J connectivity index is 1.84. The molecular formula is C26H44O2. The molecule has 0 bridgehead atoms. The molecule has 0 saturated heterocycles. The van der Waals surface area contributed by atoms with Gasteiger partial charge in [0.05, 0.1) is 6.61 Å². The van der Waals surface area contributed by atoms with E-state index in [4.69, 9.17) is 9.84 Å². The van der Waals surface area contributed by atoms with Crippen LogP contribution in [0, 0.1) is 0 Å². The number of rotatable bonds is 19. The highest BCUT2D eigenvalue weighted by Gasteiger charge is 1.97. The summed E-state index contributed by atoms with van der Waals surface area (Å²) < 4.78 is 5.82. The molecule has 2 heteroatoms. The molecule has 0 unspecified atom stereocenters. The van der Waals surface area contributed by atoms with Crippen LogP contribution >= 0.6 is 0 Å². The minimum atomic E-state index is 0.193. The molecule has 0 radical (unpaired) electrons. The second kappa shape index (κ2) is 19.1. The summed E-state index contributed by atoms with van der Waals surface area (Å²) in [5.74, 6) is 0.929. The lowest BCUT2D eigenvalue weighted by atomic mass is 10.1. The van der Waals surface area contributed by atoms with Crippen LogP contribution < -0.4 is 4.74 Å². The van der Waals surface area contributed by atoms with Crippen molar-refractivity contribution in [1.29, 1.82) is 0 Å². The van der Waals surface area contributed by atoms with Crippen molar-refractivity contribution in [2.24, 2.45) is 0 Å². The highest BCUT2D eigenvalue weighted by Crippen LogP contribution is 2.15. The van der Waals surface area contributed by atoms with E-state index in [0.717, 1.165) is 24.3 Å². The summed E-state index contributed by atoms with van der Waals surface area (Å²) in [4.78, 5) is 0. The average molecular weight is 389 g/mol. The Morgan fingerprint density at radius 3 is 2.04 bits per heavy atom. The van der Waals surface area contributed by atoms with Crippen molar-refractivity contribution in [2.75, 3.05) is 13.2 Å². The van der Waals surface area contributed by atoms with E-state index in [9.17, 15) is 0 Å². The molecule has 160 valence electrons. The van der Waals surface area contributed by atoms with Crippen molar-refractivity contribution in [3.63, 3.8) is 0 Å². The lowest BCUT2D eigenvalue weighted by Crippen LogP contribution is -1.98. The van der Waals surface area contributed by atoms with Crippen molar-refractivity contribution in [3.05, 3.63) is 42.0 Å². The van der Waals surface area contributed by atoms with Gasteiger partial charge in [0.15, 0.2) is 0 Å². The Labute approximate surface area is 174 Å². The first kappa shape index (κ1) is 24.8. The van der Waals surface area contributed by atoms with Gasteiger partial charge in [-0.2, -0.15) is 0 Å². The van der Waals surface area contributed by atoms with E-state index < -0.39 is 0 Å². The molecule has 0 amide bonds. The average Bonchev–Trinajstić information content (AvgIpc) is 2.71. The van der Waals surface area contributed by atoms with Gasteiger partial charge in [-0.15, -0.1) is 0 Å². The molecule has 1 N–H and O–H groups in total. The first-order valence-electron chi connectivity index (χ1n) is 11.8. The quantitative estimate of drug-likeness (QED) is 0.195. The predicted molar refractivity (Wildman–Crippen MR) is 122 cm³/mol. The van der Waals surface area contributed by atoms with Gasteiger partial charge in [-0.1, -0.05) is 89.0 Å². The second-order valence-electron chi connectivity index (χ2n) is 7.91. The maximum absolute atomic E-state index is 9.00. The van der Waals surface area contributed by atoms with Crippen LogP contribution in [0.3, 0.4) is 0 Å². The van der Waals surface area contributed by atoms with Gasteiger partial charge in [-0.05, 0) is 56.2 Å². The van der Waals surface area contributed by atoms with E-state index >= 15 is 0 Å². The molecule has 0 heterocycles. The third-order valence-electron chi connectivity index (χ3n) is 5.22. The fourth-order valence-electron chi connectivity index (χ4n) is 3.46. The zero-order valence-corrected chi connectivity index (χ0v) is 18.3. The summed E-state index contributed by atoms with van der Waals surface area (Å²) in [5, 5.41) is 9.00. The first-order chi connectivity index (χ1) is 13.9. The molecule has 0 aliphatic carbocycles. The van der Waals surface area contributed by atoms with Crippen LogP contribution in [0.25, 0.3) is 0 Å². The third-order valence-corrected chi connectivity index (χ3v) is 5.22. The fraction of sp³-hybridized carbons (Fsp3) is 0.692. The largest absolute Gasteiger partial charge is 0.494 e. The second-order valence-corrected chi connectivity index (χ2v) is 7.91. The van der Waals surface area contributed by atoms with Gasteiger partial charge in [0, 0.05) is 6.61 Å². The number of ether oxygens (including phenoxy) is 1. The number of hydrogen-bond acceptors (Lipinski definition) is 2. The van der Waals surface area contributed by atoms with E-state index in [1.165, 1.54) is 83.5 Å². The van der Waals surface area contributed by atoms with Gasteiger partial charge in [-0.3, -0.25) is 0 Å². The molecule has 0 aromatic heterocycles. The third kappa shape index (κ3) is 14.7. The zero-order chi connectivity index (χ0) is 20.1. The summed E-state index contributed by atoms with van der Waals surface area (Å²) in [7, 11) is 0. The topological polar surface area (TPSA) is 29.5 Å². The molecule has 28 heavy (non-hydrogen) atoms. The maximum atomic E-state index is 9.00. The molecule has 2 nitrogen and oxygen atoms in total. The molecule has 0 saturated carbocycles. The van der Waals surface area contributed by atoms with Crippen LogP contribution in [-0.2, 0) is 6.42 Å². The van der Waals surface area contributed by atoms with Crippen molar-refractivity contribution in [3.8, 4) is 5.75 Å². The summed E-state index contributed by atoms with van der Waals surface area (Å²) in [6.45, 7) is 3.27. The highest BCUT2D eigenvalue weighted by molar-refractivity contribution is 5.28. The Kier molecular flexibility index (Phi) is 16.8. The van der Waals surface area contributed by atoms with Crippen LogP contribution in [0.2, 0.25) is 0 Å². The molecule has 0 aliphatic heterocycles. The smallest absolute Gasteiger partial charge is 0.119 e. The van der Waals surface area contributed by atoms with E-state index in [1.54, 1.807) is 0 Å². The number of hydrogen-bond donors (Lipinski definition) is 1. The zero-order valence-electron chi connectivity index (χ0n) is 18.3. The Hall–Kier alpha value is -1.28. The van der Waals surface area contributed by atoms with Gasteiger partial charge in [0.1, 0.15) is 5.75 Å². The van der Waals surface area contributed by atoms with E-state index in [0.29, 0.717) is 6.42 Å². The van der Waals surface area contributed by atoms with Crippen molar-refractivity contribution in [1.82, 2.24) is 0 Å². The maximum Gasteiger partial charge on any atom is 0.119 e. The lowest BCUT2D eigenvalue weighted by Gasteiger charge is -2.07. The first-order valence-corrected chi connectivity index (χ1v) is 11.8. The van der Waals surface area contributed by atoms with Crippen molar-refractivity contribution >= 4 is 0 Å². The molecule has 0 aliphatic rings. The normalized spacial score (nSPS) is 11.4. The molecule has 1 rings (SSSR count). The molecule has 1 aromatic carbocycles. The Morgan fingerprint density at radius 1 is 0.786 bits per heavy atom. The molecule has 0 spiro atoms. The number of aliphatic hydroxyl groups is 1. The highest BCUT2D eigenvalue weighted by atomic mass is 16.5. The van der Waals surface area contributed by atoms with E-state index in [-0.39, 0.29) is 6.61 Å². The van der Waals surface area contributed by atoms with Crippen LogP contribution in [0.4, 0.5) is 0 Å². The number of allylic oxidation sites excluding steroid dienone is 2. The fourth-order valence-corrected chi connectivity index (χ4v) is 3.46. The molecular weight excluding hydrogens is 344 g/mol. The summed E-state index contributed by atoms with van der Waals surface area (Å²) in [6.07, 6.45) is 24.1. The number of unbranched alkanes of at least 4 members (excludes halogenated alkanes) is 12. The van der Waals surface area contributed by atoms with Crippen molar-refractivity contribution < 1.29 is 9.84 Å². The number of aliphatic hydroxyl groups excluding tert-OH is 1. The van der Waals surface area contributed by atoms with Crippen LogP contribution in [0.15, 0.2) is 36.4 Å². The van der Waals surface area contributed by atoms with Crippen LogP contribution in [0.1, 0.15) is 102 Å². The van der Waals surface area contributed by atoms with E-state index in [1.807, 2.05) is 24.3 Å². The minimum Gasteiger partial charge on any atom is -0.494 e. The van der Waals surface area contributed by atoms with Gasteiger partial charge in [0.25, 0.3) is 0 Å². The van der Waals surface area contributed by atoms with Crippen molar-refractivity contribution in [2.45, 2.75) is 103 Å². The van der Waals surface area contributed by atoms with Gasteiger partial charge in [0.2, 0.25) is 0 Å². The lowest BCUT2D eigenvalue weighted by molar-refractivity contribution is 0.296. The van der Waals surface area contributed by atoms with Gasteiger partial charge < -0.3 is 9.84 Å². The predicted octanol–water partition coefficient (Wildman–Crippen LogP) is 7.64. The summed E-state index contributed by atoms with van der Waals surface area (Å²) in [5.41, 5.74) is 1.14. The minimum absolute atomic E-state index is 0.193.